The molecule has 1 aromatic rings. The number of halogens is 1. The van der Waals surface area contributed by atoms with E-state index >= 15 is 0 Å². The van der Waals surface area contributed by atoms with E-state index < -0.39 is 5.38 Å². The van der Waals surface area contributed by atoms with Crippen molar-refractivity contribution in [1.29, 1.82) is 0 Å². The average Bonchev–Trinajstić information content (AvgIpc) is 3.01. The molecule has 1 aromatic carbocycles. The molecule has 0 aromatic heterocycles. The second-order valence-corrected chi connectivity index (χ2v) is 6.51. The van der Waals surface area contributed by atoms with Crippen LogP contribution in [-0.2, 0) is 4.79 Å². The minimum atomic E-state index is -0.613. The van der Waals surface area contributed by atoms with Gasteiger partial charge in [0, 0.05) is 12.6 Å². The molecule has 1 N–H and O–H groups in total. The zero-order chi connectivity index (χ0) is 15.2. The third-order valence-corrected chi connectivity index (χ3v) is 4.64. The molecule has 1 aliphatic rings. The lowest BCUT2D eigenvalue weighted by molar-refractivity contribution is -0.121. The van der Waals surface area contributed by atoms with Gasteiger partial charge in [0.25, 0.3) is 0 Å². The number of amides is 1. The van der Waals surface area contributed by atoms with E-state index in [1.165, 1.54) is 12.8 Å². The zero-order valence-electron chi connectivity index (χ0n) is 12.9. The Bertz CT molecular complexity index is 443. The van der Waals surface area contributed by atoms with Gasteiger partial charge in [-0.15, -0.1) is 11.6 Å². The lowest BCUT2D eigenvalue weighted by Crippen LogP contribution is -2.46. The molecule has 0 bridgehead atoms. The van der Waals surface area contributed by atoms with Gasteiger partial charge in [-0.2, -0.15) is 0 Å². The molecule has 1 amide bonds. The number of benzene rings is 1. The Morgan fingerprint density at radius 1 is 1.24 bits per heavy atom. The molecule has 0 spiro atoms. The van der Waals surface area contributed by atoms with E-state index in [2.05, 4.69) is 24.1 Å². The number of nitrogens with zero attached hydrogens (tertiary/aromatic N) is 1. The molecule has 21 heavy (non-hydrogen) atoms. The highest BCUT2D eigenvalue weighted by Crippen LogP contribution is 2.21. The molecular formula is C17H25ClN2O. The van der Waals surface area contributed by atoms with Gasteiger partial charge in [0.2, 0.25) is 5.91 Å². The first kappa shape index (κ1) is 16.3. The van der Waals surface area contributed by atoms with Crippen molar-refractivity contribution in [2.75, 3.05) is 19.6 Å². The highest BCUT2D eigenvalue weighted by molar-refractivity contribution is 6.30. The quantitative estimate of drug-likeness (QED) is 0.819. The predicted molar refractivity (Wildman–Crippen MR) is 87.5 cm³/mol. The standard InChI is InChI=1S/C17H25ClN2O/c1-13(2)15(20-10-6-7-11-20)12-19-17(21)16(18)14-8-4-3-5-9-14/h3-5,8-9,13,15-16H,6-7,10-12H2,1-2H3,(H,19,21). The van der Waals surface area contributed by atoms with Crippen molar-refractivity contribution in [2.45, 2.75) is 38.1 Å². The van der Waals surface area contributed by atoms with Crippen molar-refractivity contribution in [3.63, 3.8) is 0 Å². The van der Waals surface area contributed by atoms with Crippen molar-refractivity contribution in [3.8, 4) is 0 Å². The maximum atomic E-state index is 12.2. The van der Waals surface area contributed by atoms with E-state index in [4.69, 9.17) is 11.6 Å². The summed E-state index contributed by atoms with van der Waals surface area (Å²) in [5.41, 5.74) is 0.846. The van der Waals surface area contributed by atoms with Gasteiger partial charge < -0.3 is 5.32 Å². The highest BCUT2D eigenvalue weighted by atomic mass is 35.5. The largest absolute Gasteiger partial charge is 0.353 e. The molecule has 0 aliphatic carbocycles. The maximum Gasteiger partial charge on any atom is 0.242 e. The van der Waals surface area contributed by atoms with E-state index in [0.717, 1.165) is 18.7 Å². The van der Waals surface area contributed by atoms with Crippen LogP contribution < -0.4 is 5.32 Å². The predicted octanol–water partition coefficient (Wildman–Crippen LogP) is 3.20. The third-order valence-electron chi connectivity index (χ3n) is 4.19. The first-order chi connectivity index (χ1) is 10.1. The van der Waals surface area contributed by atoms with Crippen molar-refractivity contribution in [1.82, 2.24) is 10.2 Å². The number of nitrogens with one attached hydrogen (secondary N) is 1. The van der Waals surface area contributed by atoms with Crippen LogP contribution in [0, 0.1) is 5.92 Å². The summed E-state index contributed by atoms with van der Waals surface area (Å²) < 4.78 is 0. The van der Waals surface area contributed by atoms with Gasteiger partial charge in [-0.25, -0.2) is 0 Å². The summed E-state index contributed by atoms with van der Waals surface area (Å²) >= 11 is 6.25. The van der Waals surface area contributed by atoms with E-state index in [1.54, 1.807) is 0 Å². The van der Waals surface area contributed by atoms with Gasteiger partial charge in [0.15, 0.2) is 0 Å². The van der Waals surface area contributed by atoms with Crippen molar-refractivity contribution >= 4 is 17.5 Å². The molecule has 1 saturated heterocycles. The number of likely N-dealkylation sites (tertiary alicyclic amines) is 1. The lowest BCUT2D eigenvalue weighted by atomic mass is 10.0. The minimum absolute atomic E-state index is 0.104. The fourth-order valence-corrected chi connectivity index (χ4v) is 3.15. The normalized spacial score (nSPS) is 18.7. The van der Waals surface area contributed by atoms with Crippen molar-refractivity contribution in [2.24, 2.45) is 5.92 Å². The topological polar surface area (TPSA) is 32.3 Å². The van der Waals surface area contributed by atoms with Gasteiger partial charge in [0.05, 0.1) is 0 Å². The van der Waals surface area contributed by atoms with Gasteiger partial charge >= 0.3 is 0 Å². The lowest BCUT2D eigenvalue weighted by Gasteiger charge is -2.31. The summed E-state index contributed by atoms with van der Waals surface area (Å²) in [7, 11) is 0. The second-order valence-electron chi connectivity index (χ2n) is 6.07. The van der Waals surface area contributed by atoms with Crippen LogP contribution in [0.1, 0.15) is 37.6 Å². The molecule has 1 aliphatic heterocycles. The first-order valence-electron chi connectivity index (χ1n) is 7.80. The fraction of sp³-hybridized carbons (Fsp3) is 0.588. The average molecular weight is 309 g/mol. The van der Waals surface area contributed by atoms with Crippen LogP contribution in [0.4, 0.5) is 0 Å². The summed E-state index contributed by atoms with van der Waals surface area (Å²) in [6.07, 6.45) is 2.53. The molecule has 2 atom stereocenters. The van der Waals surface area contributed by atoms with Crippen molar-refractivity contribution < 1.29 is 4.79 Å². The number of carbonyl (C=O) groups excluding carboxylic acids is 1. The molecular weight excluding hydrogens is 284 g/mol. The molecule has 2 unspecified atom stereocenters. The van der Waals surface area contributed by atoms with Crippen LogP contribution in [0.5, 0.6) is 0 Å². The molecule has 1 fully saturated rings. The maximum absolute atomic E-state index is 12.2. The summed E-state index contributed by atoms with van der Waals surface area (Å²) in [5.74, 6) is 0.418. The van der Waals surface area contributed by atoms with Gasteiger partial charge in [-0.05, 0) is 37.4 Å². The summed E-state index contributed by atoms with van der Waals surface area (Å²) in [5, 5.41) is 2.41. The Morgan fingerprint density at radius 2 is 1.86 bits per heavy atom. The SMILES string of the molecule is CC(C)C(CNC(=O)C(Cl)c1ccccc1)N1CCCC1. The summed E-state index contributed by atoms with van der Waals surface area (Å²) in [6, 6.07) is 9.90. The second kappa shape index (κ2) is 7.81. The van der Waals surface area contributed by atoms with E-state index in [9.17, 15) is 4.79 Å². The van der Waals surface area contributed by atoms with Crippen LogP contribution in [0.3, 0.4) is 0 Å². The number of hydrogen-bond acceptors (Lipinski definition) is 2. The molecule has 4 heteroatoms. The van der Waals surface area contributed by atoms with E-state index in [1.807, 2.05) is 30.3 Å². The summed E-state index contributed by atoms with van der Waals surface area (Å²) in [6.45, 7) is 7.38. The Morgan fingerprint density at radius 3 is 2.43 bits per heavy atom. The minimum Gasteiger partial charge on any atom is -0.353 e. The first-order valence-corrected chi connectivity index (χ1v) is 8.24. The Balaban J connectivity index is 1.89. The fourth-order valence-electron chi connectivity index (χ4n) is 2.93. The number of hydrogen-bond donors (Lipinski definition) is 1. The van der Waals surface area contributed by atoms with E-state index in [-0.39, 0.29) is 5.91 Å². The Labute approximate surface area is 132 Å². The molecule has 0 radical (unpaired) electrons. The van der Waals surface area contributed by atoms with Crippen LogP contribution in [0.25, 0.3) is 0 Å². The monoisotopic (exact) mass is 308 g/mol. The molecule has 3 nitrogen and oxygen atoms in total. The highest BCUT2D eigenvalue weighted by Gasteiger charge is 2.26. The molecule has 1 heterocycles. The van der Waals surface area contributed by atoms with Crippen molar-refractivity contribution in [3.05, 3.63) is 35.9 Å². The number of carbonyl (C=O) groups is 1. The van der Waals surface area contributed by atoms with Crippen LogP contribution >= 0.6 is 11.6 Å². The van der Waals surface area contributed by atoms with Crippen LogP contribution in [0.15, 0.2) is 30.3 Å². The molecule has 116 valence electrons. The molecule has 0 saturated carbocycles. The number of rotatable bonds is 6. The third kappa shape index (κ3) is 4.45. The van der Waals surface area contributed by atoms with Gasteiger partial charge in [-0.1, -0.05) is 44.2 Å². The van der Waals surface area contributed by atoms with Crippen LogP contribution in [-0.4, -0.2) is 36.5 Å². The summed E-state index contributed by atoms with van der Waals surface area (Å²) in [4.78, 5) is 14.7. The van der Waals surface area contributed by atoms with Gasteiger partial charge in [0.1, 0.15) is 5.38 Å². The molecule has 2 rings (SSSR count). The van der Waals surface area contributed by atoms with Gasteiger partial charge in [-0.3, -0.25) is 9.69 Å². The van der Waals surface area contributed by atoms with Crippen LogP contribution in [0.2, 0.25) is 0 Å². The van der Waals surface area contributed by atoms with E-state index in [0.29, 0.717) is 18.5 Å². The Kier molecular flexibility index (Phi) is 6.07. The number of alkyl halides is 1. The zero-order valence-corrected chi connectivity index (χ0v) is 13.6. The Hall–Kier alpha value is -1.06. The smallest absolute Gasteiger partial charge is 0.242 e.